The van der Waals surface area contributed by atoms with Crippen molar-refractivity contribution < 1.29 is 0 Å². The van der Waals surface area contributed by atoms with Gasteiger partial charge in [-0.2, -0.15) is 5.10 Å². The lowest BCUT2D eigenvalue weighted by Crippen LogP contribution is -2.44. The second-order valence-electron chi connectivity index (χ2n) is 6.81. The van der Waals surface area contributed by atoms with Gasteiger partial charge < -0.3 is 10.2 Å². The Bertz CT molecular complexity index is 741. The Morgan fingerprint density at radius 3 is 2.59 bits per heavy atom. The molecule has 1 fully saturated rings. The van der Waals surface area contributed by atoms with Gasteiger partial charge in [-0.1, -0.05) is 42.0 Å². The molecule has 1 aromatic heterocycles. The minimum atomic E-state index is 0. The Kier molecular flexibility index (Phi) is 8.84. The molecular weight excluding hydrogens is 449 g/mol. The molecule has 1 aliphatic heterocycles. The lowest BCUT2D eigenvalue weighted by Gasteiger charge is -2.31. The molecule has 5 nitrogen and oxygen atoms in total. The molecule has 1 N–H and O–H groups in total. The number of nitrogens with one attached hydrogen (secondary N) is 1. The van der Waals surface area contributed by atoms with Gasteiger partial charge in [0.25, 0.3) is 0 Å². The first kappa shape index (κ1) is 21.5. The van der Waals surface area contributed by atoms with Crippen molar-refractivity contribution in [3.8, 4) is 0 Å². The van der Waals surface area contributed by atoms with Crippen LogP contribution in [-0.4, -0.2) is 47.3 Å². The molecule has 1 aromatic carbocycles. The fourth-order valence-electron chi connectivity index (χ4n) is 3.30. The van der Waals surface area contributed by atoms with Gasteiger partial charge in [0, 0.05) is 39.4 Å². The smallest absolute Gasteiger partial charge is 0.193 e. The number of likely N-dealkylation sites (tertiary alicyclic amines) is 1. The van der Waals surface area contributed by atoms with E-state index in [0.29, 0.717) is 0 Å². The number of hydrogen-bond donors (Lipinski definition) is 1. The van der Waals surface area contributed by atoms with Crippen LogP contribution in [-0.2, 0) is 6.54 Å². The maximum absolute atomic E-state index is 4.46. The number of nitrogens with zero attached hydrogens (tertiary/aromatic N) is 4. The average Bonchev–Trinajstić information content (AvgIpc) is 3.09. The lowest BCUT2D eigenvalue weighted by molar-refractivity contribution is 0.374. The molecular formula is C21H30IN5. The maximum atomic E-state index is 4.46. The highest BCUT2D eigenvalue weighted by Crippen LogP contribution is 2.19. The first-order valence-electron chi connectivity index (χ1n) is 9.44. The van der Waals surface area contributed by atoms with E-state index in [4.69, 9.17) is 0 Å². The van der Waals surface area contributed by atoms with Crippen LogP contribution in [0.3, 0.4) is 0 Å². The van der Waals surface area contributed by atoms with Crippen LogP contribution in [0.5, 0.6) is 0 Å². The largest absolute Gasteiger partial charge is 0.356 e. The summed E-state index contributed by atoms with van der Waals surface area (Å²) in [4.78, 5) is 6.82. The van der Waals surface area contributed by atoms with Crippen LogP contribution >= 0.6 is 24.0 Å². The standard InChI is InChI=1S/C21H29N5.HI/c1-18-16-24-26(17-18)12-6-11-23-21(22-2)25-13-9-20(10-14-25)15-19-7-4-3-5-8-19;/h3-5,7-8,15-17H,6,9-14H2,1-2H3,(H,22,23);1H. The van der Waals surface area contributed by atoms with Gasteiger partial charge in [0.2, 0.25) is 0 Å². The van der Waals surface area contributed by atoms with E-state index in [1.54, 1.807) is 0 Å². The van der Waals surface area contributed by atoms with E-state index in [0.717, 1.165) is 51.4 Å². The first-order chi connectivity index (χ1) is 12.7. The molecule has 146 valence electrons. The number of hydrogen-bond acceptors (Lipinski definition) is 2. The van der Waals surface area contributed by atoms with Crippen molar-refractivity contribution in [3.63, 3.8) is 0 Å². The van der Waals surface area contributed by atoms with Gasteiger partial charge in [-0.25, -0.2) is 0 Å². The molecule has 0 radical (unpaired) electrons. The van der Waals surface area contributed by atoms with Gasteiger partial charge in [0.05, 0.1) is 6.20 Å². The van der Waals surface area contributed by atoms with Crippen LogP contribution in [0.15, 0.2) is 53.3 Å². The highest BCUT2D eigenvalue weighted by atomic mass is 127. The topological polar surface area (TPSA) is 45.5 Å². The average molecular weight is 479 g/mol. The Hall–Kier alpha value is -1.83. The summed E-state index contributed by atoms with van der Waals surface area (Å²) >= 11 is 0. The fraction of sp³-hybridized carbons (Fsp3) is 0.429. The van der Waals surface area contributed by atoms with E-state index >= 15 is 0 Å². The van der Waals surface area contributed by atoms with Gasteiger partial charge >= 0.3 is 0 Å². The van der Waals surface area contributed by atoms with Gasteiger partial charge in [-0.3, -0.25) is 9.67 Å². The van der Waals surface area contributed by atoms with Crippen LogP contribution in [0.25, 0.3) is 6.08 Å². The Morgan fingerprint density at radius 2 is 1.96 bits per heavy atom. The van der Waals surface area contributed by atoms with Crippen molar-refractivity contribution >= 4 is 36.0 Å². The predicted molar refractivity (Wildman–Crippen MR) is 124 cm³/mol. The Balaban J connectivity index is 0.00000261. The third-order valence-corrected chi connectivity index (χ3v) is 4.70. The molecule has 1 saturated heterocycles. The summed E-state index contributed by atoms with van der Waals surface area (Å²) < 4.78 is 2.00. The number of guanidine groups is 1. The molecule has 0 unspecified atom stereocenters. The summed E-state index contributed by atoms with van der Waals surface area (Å²) in [5.41, 5.74) is 4.03. The number of rotatable bonds is 5. The fourth-order valence-corrected chi connectivity index (χ4v) is 3.30. The maximum Gasteiger partial charge on any atom is 0.193 e. The van der Waals surface area contributed by atoms with E-state index in [9.17, 15) is 0 Å². The second kappa shape index (κ2) is 11.1. The summed E-state index contributed by atoms with van der Waals surface area (Å²) in [5.74, 6) is 1.01. The molecule has 27 heavy (non-hydrogen) atoms. The molecule has 0 amide bonds. The van der Waals surface area contributed by atoms with E-state index in [-0.39, 0.29) is 24.0 Å². The van der Waals surface area contributed by atoms with Gasteiger partial charge in [0.1, 0.15) is 0 Å². The summed E-state index contributed by atoms with van der Waals surface area (Å²) in [5, 5.41) is 7.82. The molecule has 3 rings (SSSR count). The van der Waals surface area contributed by atoms with Crippen LogP contribution in [0, 0.1) is 6.92 Å². The minimum Gasteiger partial charge on any atom is -0.356 e. The van der Waals surface area contributed by atoms with Crippen LogP contribution in [0.1, 0.15) is 30.4 Å². The molecule has 0 spiro atoms. The van der Waals surface area contributed by atoms with Crippen molar-refractivity contribution in [1.29, 1.82) is 0 Å². The van der Waals surface area contributed by atoms with Crippen LogP contribution in [0.2, 0.25) is 0 Å². The molecule has 0 aliphatic carbocycles. The third-order valence-electron chi connectivity index (χ3n) is 4.70. The van der Waals surface area contributed by atoms with Crippen LogP contribution in [0.4, 0.5) is 0 Å². The Morgan fingerprint density at radius 1 is 1.22 bits per heavy atom. The van der Waals surface area contributed by atoms with Crippen molar-refractivity contribution in [2.45, 2.75) is 32.7 Å². The van der Waals surface area contributed by atoms with Crippen LogP contribution < -0.4 is 5.32 Å². The lowest BCUT2D eigenvalue weighted by atomic mass is 10.0. The quantitative estimate of drug-likeness (QED) is 0.306. The molecule has 1 aliphatic rings. The van der Waals surface area contributed by atoms with E-state index in [1.165, 1.54) is 16.7 Å². The summed E-state index contributed by atoms with van der Waals surface area (Å²) in [7, 11) is 1.87. The monoisotopic (exact) mass is 479 g/mol. The normalized spacial score (nSPS) is 14.7. The molecule has 6 heteroatoms. The van der Waals surface area contributed by atoms with Crippen molar-refractivity contribution in [2.24, 2.45) is 4.99 Å². The van der Waals surface area contributed by atoms with Gasteiger partial charge in [-0.15, -0.1) is 24.0 Å². The van der Waals surface area contributed by atoms with E-state index < -0.39 is 0 Å². The minimum absolute atomic E-state index is 0. The van der Waals surface area contributed by atoms with Crippen molar-refractivity contribution in [2.75, 3.05) is 26.7 Å². The number of aliphatic imine (C=N–C) groups is 1. The van der Waals surface area contributed by atoms with Gasteiger partial charge in [0.15, 0.2) is 5.96 Å². The SMILES string of the molecule is CN=C(NCCCn1cc(C)cn1)N1CCC(=Cc2ccccc2)CC1.I. The number of aryl methyl sites for hydroxylation is 2. The molecule has 0 atom stereocenters. The molecule has 0 bridgehead atoms. The molecule has 0 saturated carbocycles. The van der Waals surface area contributed by atoms with Crippen molar-refractivity contribution in [3.05, 3.63) is 59.4 Å². The second-order valence-corrected chi connectivity index (χ2v) is 6.81. The zero-order chi connectivity index (χ0) is 18.2. The van der Waals surface area contributed by atoms with E-state index in [2.05, 4.69) is 69.8 Å². The number of piperidine rings is 1. The molecule has 2 heterocycles. The number of benzene rings is 1. The number of halogens is 1. The third kappa shape index (κ3) is 6.68. The zero-order valence-electron chi connectivity index (χ0n) is 16.3. The summed E-state index contributed by atoms with van der Waals surface area (Å²) in [6.07, 6.45) is 9.55. The van der Waals surface area contributed by atoms with E-state index in [1.807, 2.05) is 17.9 Å². The highest BCUT2D eigenvalue weighted by molar-refractivity contribution is 14.0. The molecule has 2 aromatic rings. The first-order valence-corrected chi connectivity index (χ1v) is 9.44. The number of aromatic nitrogens is 2. The Labute approximate surface area is 179 Å². The predicted octanol–water partition coefficient (Wildman–Crippen LogP) is 3.95. The highest BCUT2D eigenvalue weighted by Gasteiger charge is 2.16. The zero-order valence-corrected chi connectivity index (χ0v) is 18.6. The van der Waals surface area contributed by atoms with Gasteiger partial charge in [-0.05, 0) is 37.3 Å². The van der Waals surface area contributed by atoms with Crippen molar-refractivity contribution in [1.82, 2.24) is 20.0 Å². The summed E-state index contributed by atoms with van der Waals surface area (Å²) in [6.45, 7) is 5.96. The summed E-state index contributed by atoms with van der Waals surface area (Å²) in [6, 6.07) is 10.6.